The fourth-order valence-electron chi connectivity index (χ4n) is 1.70. The lowest BCUT2D eigenvalue weighted by molar-refractivity contribution is -0.146. The van der Waals surface area contributed by atoms with Crippen LogP contribution in [0.15, 0.2) is 0 Å². The Morgan fingerprint density at radius 3 is 2.53 bits per heavy atom. The molecule has 0 aromatic heterocycles. The second-order valence-electron chi connectivity index (χ2n) is 3.53. The second-order valence-corrected chi connectivity index (χ2v) is 3.53. The maximum Gasteiger partial charge on any atom is 0.408 e. The van der Waals surface area contributed by atoms with E-state index in [9.17, 15) is 14.7 Å². The SMILES string of the molecule is COC(=O)C1CCC(O)CCN1C(=O)O. The number of likely N-dealkylation sites (tertiary alicyclic amines) is 1. The van der Waals surface area contributed by atoms with Crippen molar-refractivity contribution in [3.63, 3.8) is 0 Å². The summed E-state index contributed by atoms with van der Waals surface area (Å²) in [5.41, 5.74) is 0. The third kappa shape index (κ3) is 2.82. The molecule has 2 N–H and O–H groups in total. The molecule has 86 valence electrons. The minimum Gasteiger partial charge on any atom is -0.467 e. The van der Waals surface area contributed by atoms with Crippen molar-refractivity contribution in [1.82, 2.24) is 4.90 Å². The highest BCUT2D eigenvalue weighted by atomic mass is 16.5. The van der Waals surface area contributed by atoms with Crippen LogP contribution < -0.4 is 0 Å². The third-order valence-corrected chi connectivity index (χ3v) is 2.57. The van der Waals surface area contributed by atoms with Crippen molar-refractivity contribution in [2.45, 2.75) is 31.4 Å². The molecule has 6 nitrogen and oxygen atoms in total. The molecule has 1 saturated heterocycles. The Bertz CT molecular complexity index is 255. The third-order valence-electron chi connectivity index (χ3n) is 2.57. The van der Waals surface area contributed by atoms with Gasteiger partial charge in [-0.25, -0.2) is 9.59 Å². The molecular weight excluding hydrogens is 202 g/mol. The largest absolute Gasteiger partial charge is 0.467 e. The van der Waals surface area contributed by atoms with E-state index < -0.39 is 24.2 Å². The number of hydrogen-bond donors (Lipinski definition) is 2. The molecule has 0 aromatic carbocycles. The summed E-state index contributed by atoms with van der Waals surface area (Å²) >= 11 is 0. The Hall–Kier alpha value is -1.30. The average Bonchev–Trinajstić information content (AvgIpc) is 2.39. The maximum atomic E-state index is 11.3. The van der Waals surface area contributed by atoms with Gasteiger partial charge in [0.15, 0.2) is 0 Å². The minimum absolute atomic E-state index is 0.163. The number of carbonyl (C=O) groups is 2. The molecule has 15 heavy (non-hydrogen) atoms. The lowest BCUT2D eigenvalue weighted by Gasteiger charge is -2.24. The van der Waals surface area contributed by atoms with Gasteiger partial charge in [0, 0.05) is 6.54 Å². The summed E-state index contributed by atoms with van der Waals surface area (Å²) in [5.74, 6) is -0.563. The van der Waals surface area contributed by atoms with Crippen LogP contribution in [0.25, 0.3) is 0 Å². The van der Waals surface area contributed by atoms with Crippen LogP contribution in [-0.2, 0) is 9.53 Å². The predicted octanol–water partition coefficient (Wildman–Crippen LogP) is 0.0528. The van der Waals surface area contributed by atoms with Gasteiger partial charge in [0.1, 0.15) is 6.04 Å². The van der Waals surface area contributed by atoms with E-state index in [0.717, 1.165) is 4.90 Å². The Morgan fingerprint density at radius 2 is 2.00 bits per heavy atom. The summed E-state index contributed by atoms with van der Waals surface area (Å²) in [6.07, 6.45) is -0.607. The fourth-order valence-corrected chi connectivity index (χ4v) is 1.70. The molecule has 1 amide bonds. The molecule has 0 aromatic rings. The van der Waals surface area contributed by atoms with Crippen molar-refractivity contribution in [3.05, 3.63) is 0 Å². The molecule has 0 saturated carbocycles. The summed E-state index contributed by atoms with van der Waals surface area (Å²) in [5, 5.41) is 18.3. The average molecular weight is 217 g/mol. The summed E-state index contributed by atoms with van der Waals surface area (Å²) in [6.45, 7) is 0.163. The fraction of sp³-hybridized carbons (Fsp3) is 0.778. The van der Waals surface area contributed by atoms with E-state index in [2.05, 4.69) is 4.74 Å². The van der Waals surface area contributed by atoms with Crippen LogP contribution in [0, 0.1) is 0 Å². The van der Waals surface area contributed by atoms with Crippen LogP contribution >= 0.6 is 0 Å². The number of methoxy groups -OCH3 is 1. The van der Waals surface area contributed by atoms with Crippen molar-refractivity contribution in [2.75, 3.05) is 13.7 Å². The zero-order valence-corrected chi connectivity index (χ0v) is 8.55. The van der Waals surface area contributed by atoms with E-state index >= 15 is 0 Å². The molecule has 1 rings (SSSR count). The smallest absolute Gasteiger partial charge is 0.408 e. The van der Waals surface area contributed by atoms with Crippen LogP contribution in [0.1, 0.15) is 19.3 Å². The van der Waals surface area contributed by atoms with Crippen LogP contribution in [0.3, 0.4) is 0 Å². The Labute approximate surface area is 87.4 Å². The molecule has 1 aliphatic rings. The number of esters is 1. The predicted molar refractivity (Wildman–Crippen MR) is 50.4 cm³/mol. The van der Waals surface area contributed by atoms with Gasteiger partial charge in [-0.15, -0.1) is 0 Å². The van der Waals surface area contributed by atoms with Gasteiger partial charge in [-0.2, -0.15) is 0 Å². The van der Waals surface area contributed by atoms with Gasteiger partial charge >= 0.3 is 12.1 Å². The monoisotopic (exact) mass is 217 g/mol. The van der Waals surface area contributed by atoms with Gasteiger partial charge in [0.2, 0.25) is 0 Å². The molecule has 1 heterocycles. The molecular formula is C9H15NO5. The number of amides is 1. The number of rotatable bonds is 1. The van der Waals surface area contributed by atoms with Gasteiger partial charge in [-0.3, -0.25) is 4.90 Å². The molecule has 1 fully saturated rings. The lowest BCUT2D eigenvalue weighted by Crippen LogP contribution is -2.44. The van der Waals surface area contributed by atoms with Crippen molar-refractivity contribution in [3.8, 4) is 0 Å². The highest BCUT2D eigenvalue weighted by Crippen LogP contribution is 2.18. The molecule has 6 heteroatoms. The summed E-state index contributed by atoms with van der Waals surface area (Å²) in [6, 6.07) is -0.787. The summed E-state index contributed by atoms with van der Waals surface area (Å²) in [7, 11) is 1.23. The first-order valence-corrected chi connectivity index (χ1v) is 4.81. The van der Waals surface area contributed by atoms with Crippen molar-refractivity contribution in [2.24, 2.45) is 0 Å². The Balaban J connectivity index is 2.77. The van der Waals surface area contributed by atoms with Gasteiger partial charge in [-0.05, 0) is 19.3 Å². The first kappa shape index (κ1) is 11.8. The number of hydrogen-bond acceptors (Lipinski definition) is 4. The normalized spacial score (nSPS) is 26.9. The van der Waals surface area contributed by atoms with Crippen LogP contribution in [-0.4, -0.2) is 53.0 Å². The summed E-state index contributed by atoms with van der Waals surface area (Å²) in [4.78, 5) is 23.2. The Kier molecular flexibility index (Phi) is 3.90. The van der Waals surface area contributed by atoms with E-state index in [-0.39, 0.29) is 6.54 Å². The second kappa shape index (κ2) is 4.97. The van der Waals surface area contributed by atoms with Crippen LogP contribution in [0.2, 0.25) is 0 Å². The minimum atomic E-state index is -1.15. The zero-order chi connectivity index (χ0) is 11.4. The van der Waals surface area contributed by atoms with E-state index in [0.29, 0.717) is 19.3 Å². The van der Waals surface area contributed by atoms with E-state index in [1.807, 2.05) is 0 Å². The standard InChI is InChI=1S/C9H15NO5/c1-15-8(12)7-3-2-6(11)4-5-10(7)9(13)14/h6-7,11H,2-5H2,1H3,(H,13,14). The molecule has 0 bridgehead atoms. The molecule has 0 radical (unpaired) electrons. The van der Waals surface area contributed by atoms with Crippen LogP contribution in [0.4, 0.5) is 4.79 Å². The van der Waals surface area contributed by atoms with Gasteiger partial charge in [0.25, 0.3) is 0 Å². The van der Waals surface area contributed by atoms with Gasteiger partial charge in [0.05, 0.1) is 13.2 Å². The number of aliphatic hydroxyl groups excluding tert-OH is 1. The molecule has 0 aliphatic carbocycles. The van der Waals surface area contributed by atoms with Crippen molar-refractivity contribution in [1.29, 1.82) is 0 Å². The van der Waals surface area contributed by atoms with E-state index in [4.69, 9.17) is 5.11 Å². The van der Waals surface area contributed by atoms with E-state index in [1.165, 1.54) is 7.11 Å². The molecule has 0 spiro atoms. The van der Waals surface area contributed by atoms with Crippen molar-refractivity contribution >= 4 is 12.1 Å². The molecule has 2 unspecified atom stereocenters. The first-order valence-electron chi connectivity index (χ1n) is 4.81. The Morgan fingerprint density at radius 1 is 1.33 bits per heavy atom. The number of ether oxygens (including phenoxy) is 1. The number of carboxylic acid groups (broad SMARTS) is 1. The van der Waals surface area contributed by atoms with Gasteiger partial charge in [-0.1, -0.05) is 0 Å². The van der Waals surface area contributed by atoms with Gasteiger partial charge < -0.3 is 14.9 Å². The molecule has 2 atom stereocenters. The maximum absolute atomic E-state index is 11.3. The number of aliphatic hydroxyl groups is 1. The topological polar surface area (TPSA) is 87.1 Å². The highest BCUT2D eigenvalue weighted by molar-refractivity contribution is 5.80. The highest BCUT2D eigenvalue weighted by Gasteiger charge is 2.33. The zero-order valence-electron chi connectivity index (χ0n) is 8.55. The van der Waals surface area contributed by atoms with Crippen LogP contribution in [0.5, 0.6) is 0 Å². The molecule has 1 aliphatic heterocycles. The number of carbonyl (C=O) groups excluding carboxylic acids is 1. The lowest BCUT2D eigenvalue weighted by atomic mass is 10.1. The van der Waals surface area contributed by atoms with E-state index in [1.54, 1.807) is 0 Å². The quantitative estimate of drug-likeness (QED) is 0.606. The number of nitrogens with zero attached hydrogens (tertiary/aromatic N) is 1. The first-order chi connectivity index (χ1) is 7.06. The summed E-state index contributed by atoms with van der Waals surface area (Å²) < 4.78 is 4.54. The van der Waals surface area contributed by atoms with Crippen molar-refractivity contribution < 1.29 is 24.5 Å².